The molecule has 2 aromatic carbocycles. The Balaban J connectivity index is 1.57. The number of hydrogen-bond acceptors (Lipinski definition) is 4. The Kier molecular flexibility index (Phi) is 6.92. The third-order valence-corrected chi connectivity index (χ3v) is 6.80. The normalized spacial score (nSPS) is 14.2. The van der Waals surface area contributed by atoms with Crippen LogP contribution in [0.1, 0.15) is 37.3 Å². The fourth-order valence-electron chi connectivity index (χ4n) is 3.53. The summed E-state index contributed by atoms with van der Waals surface area (Å²) in [4.78, 5) is 14.1. The van der Waals surface area contributed by atoms with E-state index >= 15 is 0 Å². The lowest BCUT2D eigenvalue weighted by molar-refractivity contribution is -0.115. The number of carbonyl (C=O) groups excluding carboxylic acids is 1. The lowest BCUT2D eigenvalue weighted by atomic mass is 10.1. The quantitative estimate of drug-likeness (QED) is 0.692. The summed E-state index contributed by atoms with van der Waals surface area (Å²) in [5.41, 5.74) is 3.54. The van der Waals surface area contributed by atoms with Crippen LogP contribution in [0.5, 0.6) is 0 Å². The number of nitrogens with zero attached hydrogens (tertiary/aromatic N) is 1. The van der Waals surface area contributed by atoms with Gasteiger partial charge in [-0.3, -0.25) is 4.79 Å². The molecule has 3 rings (SSSR count). The van der Waals surface area contributed by atoms with Gasteiger partial charge < -0.3 is 10.2 Å². The van der Waals surface area contributed by atoms with E-state index in [9.17, 15) is 13.2 Å². The van der Waals surface area contributed by atoms with E-state index in [0.717, 1.165) is 18.7 Å². The highest BCUT2D eigenvalue weighted by atomic mass is 32.2. The van der Waals surface area contributed by atoms with Crippen LogP contribution in [-0.2, 0) is 21.2 Å². The van der Waals surface area contributed by atoms with Gasteiger partial charge in [-0.2, -0.15) is 0 Å². The van der Waals surface area contributed by atoms with Crippen LogP contribution >= 0.6 is 0 Å². The van der Waals surface area contributed by atoms with Crippen LogP contribution in [0.3, 0.4) is 0 Å². The maximum Gasteiger partial charge on any atom is 0.240 e. The summed E-state index contributed by atoms with van der Waals surface area (Å²) in [6.45, 7) is 6.05. The molecule has 0 spiro atoms. The Bertz CT molecular complexity index is 950. The van der Waals surface area contributed by atoms with Crippen LogP contribution in [0.25, 0.3) is 0 Å². The predicted octanol–water partition coefficient (Wildman–Crippen LogP) is 3.46. The van der Waals surface area contributed by atoms with Crippen molar-refractivity contribution in [2.75, 3.05) is 29.9 Å². The number of anilines is 2. The summed E-state index contributed by atoms with van der Waals surface area (Å²) in [6, 6.07) is 13.2. The van der Waals surface area contributed by atoms with Crippen LogP contribution in [0.2, 0.25) is 0 Å². The molecular formula is C22H29N3O3S. The van der Waals surface area contributed by atoms with E-state index in [4.69, 9.17) is 0 Å². The van der Waals surface area contributed by atoms with Gasteiger partial charge in [0.1, 0.15) is 0 Å². The van der Waals surface area contributed by atoms with Crippen molar-refractivity contribution in [1.82, 2.24) is 4.72 Å². The number of nitrogens with one attached hydrogen (secondary N) is 2. The topological polar surface area (TPSA) is 78.5 Å². The lowest BCUT2D eigenvalue weighted by Gasteiger charge is -2.17. The first kappa shape index (κ1) is 21.3. The molecule has 1 aliphatic rings. The van der Waals surface area contributed by atoms with Gasteiger partial charge in [0.15, 0.2) is 0 Å². The van der Waals surface area contributed by atoms with Gasteiger partial charge in [0.05, 0.1) is 4.90 Å². The molecule has 1 saturated heterocycles. The summed E-state index contributed by atoms with van der Waals surface area (Å²) < 4.78 is 28.0. The van der Waals surface area contributed by atoms with Crippen LogP contribution in [0.15, 0.2) is 47.4 Å². The SMILES string of the molecule is CCC(=O)Nc1ccc(S(=O)(=O)NCCc2ccc(N3CCCC3)cc2)c(C)c1. The maximum absolute atomic E-state index is 12.7. The van der Waals surface area contributed by atoms with Gasteiger partial charge in [0, 0.05) is 37.4 Å². The van der Waals surface area contributed by atoms with Crippen LogP contribution in [0, 0.1) is 6.92 Å². The van der Waals surface area contributed by atoms with E-state index in [1.165, 1.54) is 24.6 Å². The van der Waals surface area contributed by atoms with E-state index in [-0.39, 0.29) is 10.8 Å². The van der Waals surface area contributed by atoms with Gasteiger partial charge >= 0.3 is 0 Å². The zero-order valence-corrected chi connectivity index (χ0v) is 17.9. The molecule has 1 amide bonds. The second-order valence-corrected chi connectivity index (χ2v) is 9.13. The van der Waals surface area contributed by atoms with E-state index in [0.29, 0.717) is 30.6 Å². The van der Waals surface area contributed by atoms with Crippen molar-refractivity contribution in [3.8, 4) is 0 Å². The average molecular weight is 416 g/mol. The minimum absolute atomic E-state index is 0.103. The molecule has 6 nitrogen and oxygen atoms in total. The Labute approximate surface area is 173 Å². The molecule has 0 atom stereocenters. The molecule has 0 bridgehead atoms. The molecule has 29 heavy (non-hydrogen) atoms. The first-order chi connectivity index (χ1) is 13.9. The van der Waals surface area contributed by atoms with Crippen LogP contribution in [-0.4, -0.2) is 34.0 Å². The van der Waals surface area contributed by atoms with E-state index < -0.39 is 10.0 Å². The molecule has 1 aliphatic heterocycles. The number of carbonyl (C=O) groups is 1. The zero-order valence-electron chi connectivity index (χ0n) is 17.1. The standard InChI is InChI=1S/C22H29N3O3S/c1-3-22(26)24-19-8-11-21(17(2)16-19)29(27,28)23-13-12-18-6-9-20(10-7-18)25-14-4-5-15-25/h6-11,16,23H,3-5,12-15H2,1-2H3,(H,24,26). The van der Waals surface area contributed by atoms with Gasteiger partial charge in [-0.15, -0.1) is 0 Å². The molecule has 0 unspecified atom stereocenters. The Morgan fingerprint density at radius 3 is 2.38 bits per heavy atom. The Morgan fingerprint density at radius 1 is 1.07 bits per heavy atom. The second kappa shape index (κ2) is 9.41. The molecule has 0 aromatic heterocycles. The monoisotopic (exact) mass is 415 g/mol. The van der Waals surface area contributed by atoms with E-state index in [1.54, 1.807) is 26.0 Å². The van der Waals surface area contributed by atoms with Gasteiger partial charge in [-0.05, 0) is 67.6 Å². The molecular weight excluding hydrogens is 386 g/mol. The first-order valence-electron chi connectivity index (χ1n) is 10.1. The second-order valence-electron chi connectivity index (χ2n) is 7.39. The van der Waals surface area contributed by atoms with Crippen molar-refractivity contribution in [2.45, 2.75) is 44.4 Å². The van der Waals surface area contributed by atoms with Crippen LogP contribution < -0.4 is 14.9 Å². The van der Waals surface area contributed by atoms with Gasteiger partial charge in [0.25, 0.3) is 0 Å². The molecule has 0 aliphatic carbocycles. The van der Waals surface area contributed by atoms with Crippen molar-refractivity contribution in [3.63, 3.8) is 0 Å². The number of hydrogen-bond donors (Lipinski definition) is 2. The molecule has 0 radical (unpaired) electrons. The largest absolute Gasteiger partial charge is 0.372 e. The molecule has 1 fully saturated rings. The highest BCUT2D eigenvalue weighted by molar-refractivity contribution is 7.89. The highest BCUT2D eigenvalue weighted by Gasteiger charge is 2.17. The number of aryl methyl sites for hydroxylation is 1. The van der Waals surface area contributed by atoms with Crippen molar-refractivity contribution >= 4 is 27.3 Å². The third-order valence-electron chi connectivity index (χ3n) is 5.18. The molecule has 2 N–H and O–H groups in total. The molecule has 2 aromatic rings. The fourth-order valence-corrected chi connectivity index (χ4v) is 4.79. The highest BCUT2D eigenvalue weighted by Crippen LogP contribution is 2.21. The van der Waals surface area contributed by atoms with Gasteiger partial charge in [-0.1, -0.05) is 19.1 Å². The third kappa shape index (κ3) is 5.58. The predicted molar refractivity (Wildman–Crippen MR) is 117 cm³/mol. The first-order valence-corrected chi connectivity index (χ1v) is 11.6. The summed E-state index contributed by atoms with van der Waals surface area (Å²) in [6.07, 6.45) is 3.49. The number of amides is 1. The molecule has 7 heteroatoms. The van der Waals surface area contributed by atoms with Gasteiger partial charge in [-0.25, -0.2) is 13.1 Å². The molecule has 156 valence electrons. The Hall–Kier alpha value is -2.38. The van der Waals surface area contributed by atoms with Crippen LogP contribution in [0.4, 0.5) is 11.4 Å². The summed E-state index contributed by atoms with van der Waals surface area (Å²) in [5, 5.41) is 2.74. The average Bonchev–Trinajstić information content (AvgIpc) is 3.23. The maximum atomic E-state index is 12.7. The zero-order chi connectivity index (χ0) is 20.9. The summed E-state index contributed by atoms with van der Waals surface area (Å²) >= 11 is 0. The fraction of sp³-hybridized carbons (Fsp3) is 0.409. The summed E-state index contributed by atoms with van der Waals surface area (Å²) in [7, 11) is -3.60. The van der Waals surface area contributed by atoms with Crippen molar-refractivity contribution in [2.24, 2.45) is 0 Å². The van der Waals surface area contributed by atoms with E-state index in [1.807, 2.05) is 0 Å². The summed E-state index contributed by atoms with van der Waals surface area (Å²) in [5.74, 6) is -0.103. The Morgan fingerprint density at radius 2 is 1.76 bits per heavy atom. The van der Waals surface area contributed by atoms with Crippen molar-refractivity contribution < 1.29 is 13.2 Å². The smallest absolute Gasteiger partial charge is 0.240 e. The number of benzene rings is 2. The number of rotatable bonds is 8. The molecule has 1 heterocycles. The lowest BCUT2D eigenvalue weighted by Crippen LogP contribution is -2.26. The van der Waals surface area contributed by atoms with Crippen molar-refractivity contribution in [1.29, 1.82) is 0 Å². The minimum atomic E-state index is -3.60. The molecule has 0 saturated carbocycles. The van der Waals surface area contributed by atoms with Crippen molar-refractivity contribution in [3.05, 3.63) is 53.6 Å². The minimum Gasteiger partial charge on any atom is -0.372 e. The van der Waals surface area contributed by atoms with E-state index in [2.05, 4.69) is 39.2 Å². The van der Waals surface area contributed by atoms with Gasteiger partial charge in [0.2, 0.25) is 15.9 Å². The number of sulfonamides is 1.